The molecule has 2 aromatic heterocycles. The zero-order valence-corrected chi connectivity index (χ0v) is 15.7. The van der Waals surface area contributed by atoms with E-state index in [2.05, 4.69) is 15.7 Å². The fourth-order valence-corrected chi connectivity index (χ4v) is 2.53. The van der Waals surface area contributed by atoms with E-state index in [4.69, 9.17) is 4.42 Å². The van der Waals surface area contributed by atoms with Gasteiger partial charge in [-0.25, -0.2) is 8.78 Å². The first kappa shape index (κ1) is 20.6. The van der Waals surface area contributed by atoms with Crippen LogP contribution in [-0.4, -0.2) is 27.6 Å². The number of carbonyl (C=O) groups excluding carboxylic acids is 2. The number of hydrogen-bond acceptors (Lipinski definition) is 4. The average molecular weight is 382 g/mol. The van der Waals surface area contributed by atoms with Crippen molar-refractivity contribution in [2.24, 2.45) is 11.8 Å². The summed E-state index contributed by atoms with van der Waals surface area (Å²) in [6.45, 7) is 7.78. The highest BCUT2D eigenvalue weighted by molar-refractivity contribution is 6.00. The second-order valence-electron chi connectivity index (χ2n) is 7.01. The lowest BCUT2D eigenvalue weighted by Gasteiger charge is -2.21. The van der Waals surface area contributed by atoms with Crippen LogP contribution in [0.25, 0.3) is 0 Å². The van der Waals surface area contributed by atoms with Gasteiger partial charge < -0.3 is 15.1 Å². The van der Waals surface area contributed by atoms with Crippen molar-refractivity contribution < 1.29 is 22.8 Å². The maximum Gasteiger partial charge on any atom is 0.287 e. The fraction of sp³-hybridized carbons (Fsp3) is 0.500. The first-order chi connectivity index (χ1) is 12.7. The van der Waals surface area contributed by atoms with E-state index in [1.54, 1.807) is 19.9 Å². The average Bonchev–Trinajstić information content (AvgIpc) is 3.21. The molecule has 2 heterocycles. The minimum absolute atomic E-state index is 0.0615. The minimum atomic E-state index is -2.83. The molecule has 148 valence electrons. The predicted octanol–water partition coefficient (Wildman–Crippen LogP) is 3.46. The molecule has 0 unspecified atom stereocenters. The predicted molar refractivity (Wildman–Crippen MR) is 95.5 cm³/mol. The lowest BCUT2D eigenvalue weighted by molar-refractivity contribution is -0.118. The number of halogens is 2. The number of aromatic nitrogens is 2. The number of amides is 2. The van der Waals surface area contributed by atoms with Gasteiger partial charge in [0.1, 0.15) is 6.04 Å². The van der Waals surface area contributed by atoms with Gasteiger partial charge in [0.25, 0.3) is 12.3 Å². The van der Waals surface area contributed by atoms with Gasteiger partial charge in [-0.05, 0) is 24.0 Å². The number of hydrogen-bond donors (Lipinski definition) is 2. The molecule has 2 rings (SSSR count). The maximum absolute atomic E-state index is 13.3. The Balaban J connectivity index is 2.17. The monoisotopic (exact) mass is 382 g/mol. The molecule has 0 saturated heterocycles. The van der Waals surface area contributed by atoms with E-state index < -0.39 is 30.0 Å². The molecular weight excluding hydrogens is 358 g/mol. The third-order valence-corrected chi connectivity index (χ3v) is 3.79. The van der Waals surface area contributed by atoms with Gasteiger partial charge in [-0.1, -0.05) is 27.7 Å². The molecule has 2 N–H and O–H groups in total. The summed E-state index contributed by atoms with van der Waals surface area (Å²) in [4.78, 5) is 24.8. The van der Waals surface area contributed by atoms with Crippen LogP contribution in [0.4, 0.5) is 14.5 Å². The Hall–Kier alpha value is -2.71. The van der Waals surface area contributed by atoms with E-state index in [1.165, 1.54) is 23.2 Å². The molecule has 0 radical (unpaired) electrons. The van der Waals surface area contributed by atoms with Crippen LogP contribution in [0, 0.1) is 11.8 Å². The number of alkyl halides is 2. The Morgan fingerprint density at radius 1 is 1.26 bits per heavy atom. The normalized spacial score (nSPS) is 12.6. The van der Waals surface area contributed by atoms with Gasteiger partial charge in [0.05, 0.1) is 12.0 Å². The van der Waals surface area contributed by atoms with Crippen LogP contribution in [-0.2, 0) is 11.3 Å². The number of furan rings is 1. The van der Waals surface area contributed by atoms with E-state index >= 15 is 0 Å². The Morgan fingerprint density at radius 2 is 1.96 bits per heavy atom. The quantitative estimate of drug-likeness (QED) is 0.732. The van der Waals surface area contributed by atoms with E-state index in [-0.39, 0.29) is 23.3 Å². The van der Waals surface area contributed by atoms with Crippen LogP contribution in [0.15, 0.2) is 29.0 Å². The lowest BCUT2D eigenvalue weighted by atomic mass is 10.0. The Kier molecular flexibility index (Phi) is 6.70. The maximum atomic E-state index is 13.3. The van der Waals surface area contributed by atoms with Crippen molar-refractivity contribution in [3.05, 3.63) is 36.0 Å². The SMILES string of the molecule is CC(C)Cn1cc(NC(=O)[C@@H](NC(=O)c2ccco2)C(C)C)c(C(F)F)n1. The highest BCUT2D eigenvalue weighted by Crippen LogP contribution is 2.26. The Morgan fingerprint density at radius 3 is 2.48 bits per heavy atom. The highest BCUT2D eigenvalue weighted by atomic mass is 19.3. The molecular formula is C18H24F2N4O3. The molecule has 0 fully saturated rings. The van der Waals surface area contributed by atoms with Crippen molar-refractivity contribution in [2.45, 2.75) is 46.7 Å². The summed E-state index contributed by atoms with van der Waals surface area (Å²) in [5, 5.41) is 8.90. The van der Waals surface area contributed by atoms with Crippen molar-refractivity contribution in [1.82, 2.24) is 15.1 Å². The van der Waals surface area contributed by atoms with Crippen LogP contribution in [0.3, 0.4) is 0 Å². The molecule has 0 aliphatic heterocycles. The smallest absolute Gasteiger partial charge is 0.287 e. The van der Waals surface area contributed by atoms with Crippen molar-refractivity contribution in [3.63, 3.8) is 0 Å². The molecule has 0 aliphatic rings. The summed E-state index contributed by atoms with van der Waals surface area (Å²) in [7, 11) is 0. The fourth-order valence-electron chi connectivity index (χ4n) is 2.53. The van der Waals surface area contributed by atoms with Crippen molar-refractivity contribution in [3.8, 4) is 0 Å². The van der Waals surface area contributed by atoms with Crippen LogP contribution in [0.5, 0.6) is 0 Å². The van der Waals surface area contributed by atoms with Gasteiger partial charge in [0, 0.05) is 12.7 Å². The Labute approximate surface area is 156 Å². The summed E-state index contributed by atoms with van der Waals surface area (Å²) in [5.41, 5.74) is -0.558. The molecule has 0 aliphatic carbocycles. The van der Waals surface area contributed by atoms with Crippen LogP contribution in [0.1, 0.15) is 50.4 Å². The molecule has 2 aromatic rings. The summed E-state index contributed by atoms with van der Waals surface area (Å²) in [6, 6.07) is 2.09. The third kappa shape index (κ3) is 5.38. The van der Waals surface area contributed by atoms with E-state index in [0.29, 0.717) is 6.54 Å². The topological polar surface area (TPSA) is 89.2 Å². The molecule has 0 aromatic carbocycles. The lowest BCUT2D eigenvalue weighted by Crippen LogP contribution is -2.47. The molecule has 27 heavy (non-hydrogen) atoms. The molecule has 0 bridgehead atoms. The Bertz CT molecular complexity index is 770. The number of nitrogens with zero attached hydrogens (tertiary/aromatic N) is 2. The van der Waals surface area contributed by atoms with E-state index in [0.717, 1.165) is 0 Å². The molecule has 7 nitrogen and oxygen atoms in total. The van der Waals surface area contributed by atoms with Crippen LogP contribution >= 0.6 is 0 Å². The van der Waals surface area contributed by atoms with Crippen molar-refractivity contribution >= 4 is 17.5 Å². The molecule has 0 spiro atoms. The van der Waals surface area contributed by atoms with Gasteiger partial charge in [-0.2, -0.15) is 5.10 Å². The first-order valence-electron chi connectivity index (χ1n) is 8.69. The molecule has 2 amide bonds. The molecule has 9 heteroatoms. The van der Waals surface area contributed by atoms with Crippen LogP contribution < -0.4 is 10.6 Å². The second-order valence-corrected chi connectivity index (χ2v) is 7.01. The zero-order chi connectivity index (χ0) is 20.1. The zero-order valence-electron chi connectivity index (χ0n) is 15.7. The van der Waals surface area contributed by atoms with Gasteiger partial charge in [0.2, 0.25) is 5.91 Å². The van der Waals surface area contributed by atoms with Crippen molar-refractivity contribution in [1.29, 1.82) is 0 Å². The number of anilines is 1. The van der Waals surface area contributed by atoms with Gasteiger partial charge in [-0.3, -0.25) is 14.3 Å². The van der Waals surface area contributed by atoms with Crippen LogP contribution in [0.2, 0.25) is 0 Å². The molecule has 0 saturated carbocycles. The van der Waals surface area contributed by atoms with Gasteiger partial charge in [0.15, 0.2) is 11.5 Å². The third-order valence-electron chi connectivity index (χ3n) is 3.79. The molecule has 1 atom stereocenters. The largest absolute Gasteiger partial charge is 0.459 e. The minimum Gasteiger partial charge on any atom is -0.459 e. The first-order valence-corrected chi connectivity index (χ1v) is 8.69. The van der Waals surface area contributed by atoms with E-state index in [1.807, 2.05) is 13.8 Å². The summed E-state index contributed by atoms with van der Waals surface area (Å²) < 4.78 is 32.9. The summed E-state index contributed by atoms with van der Waals surface area (Å²) in [6.07, 6.45) is -0.105. The standard InChI is InChI=1S/C18H24F2N4O3/c1-10(2)8-24-9-12(15(23-24)16(19)20)21-18(26)14(11(3)4)22-17(25)13-6-5-7-27-13/h5-7,9-11,14,16H,8H2,1-4H3,(H,21,26)(H,22,25)/t14-/m0/s1. The highest BCUT2D eigenvalue weighted by Gasteiger charge is 2.28. The summed E-state index contributed by atoms with van der Waals surface area (Å²) >= 11 is 0. The van der Waals surface area contributed by atoms with Gasteiger partial charge >= 0.3 is 0 Å². The van der Waals surface area contributed by atoms with Gasteiger partial charge in [-0.15, -0.1) is 0 Å². The number of rotatable bonds is 8. The number of nitrogens with one attached hydrogen (secondary N) is 2. The van der Waals surface area contributed by atoms with Crippen molar-refractivity contribution in [2.75, 3.05) is 5.32 Å². The number of carbonyl (C=O) groups is 2. The second kappa shape index (κ2) is 8.79. The van der Waals surface area contributed by atoms with E-state index in [9.17, 15) is 18.4 Å². The summed E-state index contributed by atoms with van der Waals surface area (Å²) in [5.74, 6) is -1.17.